The lowest BCUT2D eigenvalue weighted by Crippen LogP contribution is -2.33. The average Bonchev–Trinajstić information content (AvgIpc) is 3.23. The van der Waals surface area contributed by atoms with E-state index in [1.54, 1.807) is 0 Å². The normalized spacial score (nSPS) is 9.91. The van der Waals surface area contributed by atoms with Crippen molar-refractivity contribution in [1.29, 1.82) is 0 Å². The minimum absolute atomic E-state index is 0.265. The Hall–Kier alpha value is -2.62. The summed E-state index contributed by atoms with van der Waals surface area (Å²) in [4.78, 5) is 18.5. The molecule has 0 N–H and O–H groups in total. The Balaban J connectivity index is 0.000000590. The van der Waals surface area contributed by atoms with Gasteiger partial charge in [0.05, 0.1) is 11.0 Å². The van der Waals surface area contributed by atoms with Crippen LogP contribution in [0.2, 0.25) is 0 Å². The van der Waals surface area contributed by atoms with Crippen LogP contribution in [0.15, 0.2) is 48.5 Å². The van der Waals surface area contributed by atoms with Gasteiger partial charge in [-0.25, -0.2) is 4.98 Å². The van der Waals surface area contributed by atoms with Gasteiger partial charge in [-0.05, 0) is 44.4 Å². The summed E-state index contributed by atoms with van der Waals surface area (Å²) in [6.07, 6.45) is 5.35. The van der Waals surface area contributed by atoms with Gasteiger partial charge in [0.2, 0.25) is 5.91 Å². The molecule has 4 nitrogen and oxygen atoms in total. The van der Waals surface area contributed by atoms with Crippen molar-refractivity contribution in [2.75, 3.05) is 13.6 Å². The van der Waals surface area contributed by atoms with E-state index < -0.39 is 0 Å². The van der Waals surface area contributed by atoms with Crippen LogP contribution in [0, 0.1) is 12.8 Å². The molecular weight excluding hydrogens is 430 g/mol. The zero-order valence-corrected chi connectivity index (χ0v) is 24.2. The number of hydrogen-bond donors (Lipinski definition) is 0. The fourth-order valence-electron chi connectivity index (χ4n) is 4.03. The summed E-state index contributed by atoms with van der Waals surface area (Å²) in [7, 11) is 3.98. The molecule has 0 unspecified atom stereocenters. The van der Waals surface area contributed by atoms with Crippen molar-refractivity contribution in [1.82, 2.24) is 14.5 Å². The van der Waals surface area contributed by atoms with E-state index in [0.717, 1.165) is 50.0 Å². The number of imidazole rings is 1. The topological polar surface area (TPSA) is 38.1 Å². The number of amides is 1. The zero-order valence-electron chi connectivity index (χ0n) is 24.2. The third-order valence-corrected chi connectivity index (χ3v) is 5.62. The number of aryl methyl sites for hydroxylation is 2. The molecule has 1 aromatic heterocycles. The van der Waals surface area contributed by atoms with Crippen LogP contribution in [-0.4, -0.2) is 34.0 Å². The van der Waals surface area contributed by atoms with Gasteiger partial charge in [0.15, 0.2) is 0 Å². The van der Waals surface area contributed by atoms with E-state index in [9.17, 15) is 4.79 Å². The number of nitrogens with zero attached hydrogens (tertiary/aromatic N) is 3. The third kappa shape index (κ3) is 10.3. The smallest absolute Gasteiger partial charge is 0.225 e. The standard InChI is InChI=1S/C15H14N2.C12H25NO.2C2H6/c1-11-6-5-7-12(10-11)15-16-13-8-3-4-9-14(13)17(15)2;1-5-8-11(9-6-2)12(14)13(4)10-7-3;2*1-2/h3-10H,1-2H3;11H,5-10H2,1-4H3;2*1-2H3. The van der Waals surface area contributed by atoms with Crippen molar-refractivity contribution >= 4 is 16.9 Å². The number of fused-ring (bicyclic) bond motifs is 1. The van der Waals surface area contributed by atoms with E-state index in [4.69, 9.17) is 0 Å². The molecule has 196 valence electrons. The van der Waals surface area contributed by atoms with Gasteiger partial charge in [0, 0.05) is 32.1 Å². The molecule has 0 saturated carbocycles. The summed E-state index contributed by atoms with van der Waals surface area (Å²) in [5.74, 6) is 1.63. The molecule has 3 aromatic rings. The third-order valence-electron chi connectivity index (χ3n) is 5.62. The molecule has 0 aliphatic carbocycles. The summed E-state index contributed by atoms with van der Waals surface area (Å²) in [5, 5.41) is 0. The fourth-order valence-corrected chi connectivity index (χ4v) is 4.03. The highest BCUT2D eigenvalue weighted by Crippen LogP contribution is 2.24. The minimum Gasteiger partial charge on any atom is -0.346 e. The van der Waals surface area contributed by atoms with Gasteiger partial charge in [-0.1, -0.05) is 97.2 Å². The van der Waals surface area contributed by atoms with Gasteiger partial charge in [-0.2, -0.15) is 0 Å². The Labute approximate surface area is 215 Å². The monoisotopic (exact) mass is 481 g/mol. The number of aromatic nitrogens is 2. The summed E-state index contributed by atoms with van der Waals surface area (Å²) >= 11 is 0. The molecule has 0 atom stereocenters. The largest absolute Gasteiger partial charge is 0.346 e. The lowest BCUT2D eigenvalue weighted by molar-refractivity contribution is -0.134. The molecule has 2 aromatic carbocycles. The average molecular weight is 482 g/mol. The predicted octanol–water partition coefficient (Wildman–Crippen LogP) is 8.67. The molecule has 0 saturated heterocycles. The molecule has 0 bridgehead atoms. The van der Waals surface area contributed by atoms with Crippen LogP contribution in [0.4, 0.5) is 0 Å². The number of benzene rings is 2. The van der Waals surface area contributed by atoms with Crippen LogP contribution in [0.5, 0.6) is 0 Å². The van der Waals surface area contributed by atoms with E-state index >= 15 is 0 Å². The first-order chi connectivity index (χ1) is 16.9. The number of hydrogen-bond acceptors (Lipinski definition) is 2. The van der Waals surface area contributed by atoms with E-state index in [1.807, 2.05) is 51.8 Å². The van der Waals surface area contributed by atoms with E-state index in [-0.39, 0.29) is 5.92 Å². The van der Waals surface area contributed by atoms with Crippen molar-refractivity contribution in [3.05, 3.63) is 54.1 Å². The lowest BCUT2D eigenvalue weighted by Gasteiger charge is -2.22. The molecule has 0 spiro atoms. The quantitative estimate of drug-likeness (QED) is 0.323. The van der Waals surface area contributed by atoms with Crippen LogP contribution in [0.3, 0.4) is 0 Å². The highest BCUT2D eigenvalue weighted by Gasteiger charge is 2.19. The second kappa shape index (κ2) is 18.7. The molecule has 0 fully saturated rings. The summed E-state index contributed by atoms with van der Waals surface area (Å²) in [6, 6.07) is 16.7. The maximum absolute atomic E-state index is 11.9. The van der Waals surface area contributed by atoms with Crippen LogP contribution >= 0.6 is 0 Å². The van der Waals surface area contributed by atoms with Crippen molar-refractivity contribution in [3.8, 4) is 11.4 Å². The molecule has 1 heterocycles. The van der Waals surface area contributed by atoms with Gasteiger partial charge < -0.3 is 9.47 Å². The van der Waals surface area contributed by atoms with E-state index in [1.165, 1.54) is 16.6 Å². The van der Waals surface area contributed by atoms with Crippen LogP contribution in [0.1, 0.15) is 86.1 Å². The van der Waals surface area contributed by atoms with E-state index in [0.29, 0.717) is 5.91 Å². The molecule has 0 aliphatic rings. The SMILES string of the molecule is CC.CC.CCCC(CCC)C(=O)N(C)CCC.Cc1cccc(-c2nc3ccccc3n2C)c1. The Morgan fingerprint density at radius 1 is 0.914 bits per heavy atom. The van der Waals surface area contributed by atoms with Gasteiger partial charge in [-0.3, -0.25) is 4.79 Å². The highest BCUT2D eigenvalue weighted by atomic mass is 16.2. The minimum atomic E-state index is 0.265. The predicted molar refractivity (Wildman–Crippen MR) is 155 cm³/mol. The molecule has 0 aliphatic heterocycles. The first kappa shape index (κ1) is 32.4. The maximum Gasteiger partial charge on any atom is 0.225 e. The first-order valence-corrected chi connectivity index (χ1v) is 13.7. The molecule has 4 heteroatoms. The zero-order chi connectivity index (χ0) is 26.8. The van der Waals surface area contributed by atoms with Crippen LogP contribution in [-0.2, 0) is 11.8 Å². The molecule has 1 amide bonds. The summed E-state index contributed by atoms with van der Waals surface area (Å²) in [5.41, 5.74) is 4.65. The van der Waals surface area contributed by atoms with Crippen molar-refractivity contribution in [2.24, 2.45) is 13.0 Å². The molecule has 0 radical (unpaired) electrons. The van der Waals surface area contributed by atoms with Crippen LogP contribution in [0.25, 0.3) is 22.4 Å². The Morgan fingerprint density at radius 3 is 2.03 bits per heavy atom. The summed E-state index contributed by atoms with van der Waals surface area (Å²) in [6.45, 7) is 17.4. The summed E-state index contributed by atoms with van der Waals surface area (Å²) < 4.78 is 2.14. The van der Waals surface area contributed by atoms with Gasteiger partial charge in [-0.15, -0.1) is 0 Å². The second-order valence-corrected chi connectivity index (χ2v) is 8.39. The number of para-hydroxylation sites is 2. The maximum atomic E-state index is 11.9. The number of carbonyl (C=O) groups excluding carboxylic acids is 1. The first-order valence-electron chi connectivity index (χ1n) is 13.7. The Kier molecular flexibility index (Phi) is 17.3. The van der Waals surface area contributed by atoms with Crippen LogP contribution < -0.4 is 0 Å². The second-order valence-electron chi connectivity index (χ2n) is 8.39. The Morgan fingerprint density at radius 2 is 1.51 bits per heavy atom. The van der Waals surface area contributed by atoms with Crippen molar-refractivity contribution in [3.63, 3.8) is 0 Å². The number of carbonyl (C=O) groups is 1. The van der Waals surface area contributed by atoms with Gasteiger partial charge in [0.25, 0.3) is 0 Å². The van der Waals surface area contributed by atoms with Crippen molar-refractivity contribution in [2.45, 2.75) is 87.5 Å². The number of rotatable bonds is 8. The Bertz CT molecular complexity index is 955. The fraction of sp³-hybridized carbons (Fsp3) is 0.548. The molecule has 3 rings (SSSR count). The molecular formula is C31H51N3O. The van der Waals surface area contributed by atoms with Gasteiger partial charge >= 0.3 is 0 Å². The molecule has 35 heavy (non-hydrogen) atoms. The van der Waals surface area contributed by atoms with Gasteiger partial charge in [0.1, 0.15) is 5.82 Å². The van der Waals surface area contributed by atoms with E-state index in [2.05, 4.69) is 80.7 Å². The highest BCUT2D eigenvalue weighted by molar-refractivity contribution is 5.80. The lowest BCUT2D eigenvalue weighted by atomic mass is 9.97. The van der Waals surface area contributed by atoms with Crippen molar-refractivity contribution < 1.29 is 4.79 Å².